The zero-order valence-electron chi connectivity index (χ0n) is 20.1. The molecule has 5 rings (SSSR count). The van der Waals surface area contributed by atoms with Crippen molar-refractivity contribution < 1.29 is 4.79 Å². The topological polar surface area (TPSA) is 67.2 Å². The lowest BCUT2D eigenvalue weighted by Crippen LogP contribution is -2.35. The number of para-hydroxylation sites is 1. The van der Waals surface area contributed by atoms with Gasteiger partial charge in [0.05, 0.1) is 17.3 Å². The second-order valence-corrected chi connectivity index (χ2v) is 9.77. The third kappa shape index (κ3) is 5.00. The van der Waals surface area contributed by atoms with E-state index in [-0.39, 0.29) is 5.91 Å². The number of rotatable bonds is 5. The molecule has 1 saturated heterocycles. The third-order valence-corrected chi connectivity index (χ3v) is 6.47. The Kier molecular flexibility index (Phi) is 6.68. The Morgan fingerprint density at radius 1 is 0.971 bits per heavy atom. The first-order valence-corrected chi connectivity index (χ1v) is 12.5. The lowest BCUT2D eigenvalue weighted by atomic mass is 10.1. The maximum absolute atomic E-state index is 13.1. The summed E-state index contributed by atoms with van der Waals surface area (Å²) in [6.07, 6.45) is 3.51. The number of carbonyl (C=O) groups excluding carboxylic acids is 1. The standard InChI is InChI=1S/C27H29ClN6O/c1-19(2)17-24-30-25(23-18-29-34(26(23)31-24)22-7-4-3-5-8-22)32-13-6-14-33(16-15-32)27(35)20-9-11-21(28)12-10-20/h3-5,7-12,18-19H,6,13-17H2,1-2H3. The normalized spacial score (nSPS) is 14.5. The fraction of sp³-hybridized carbons (Fsp3) is 0.333. The van der Waals surface area contributed by atoms with Gasteiger partial charge in [-0.15, -0.1) is 0 Å². The Balaban J connectivity index is 1.46. The van der Waals surface area contributed by atoms with Crippen molar-refractivity contribution in [1.29, 1.82) is 0 Å². The van der Waals surface area contributed by atoms with Gasteiger partial charge in [0.25, 0.3) is 5.91 Å². The molecule has 35 heavy (non-hydrogen) atoms. The minimum atomic E-state index is 0.0359. The number of nitrogens with zero attached hydrogens (tertiary/aromatic N) is 6. The Bertz CT molecular complexity index is 1320. The average molecular weight is 489 g/mol. The first-order valence-electron chi connectivity index (χ1n) is 12.1. The second kappa shape index (κ2) is 10.0. The molecule has 0 saturated carbocycles. The molecule has 0 aliphatic carbocycles. The van der Waals surface area contributed by atoms with Crippen molar-refractivity contribution >= 4 is 34.4 Å². The van der Waals surface area contributed by atoms with Crippen LogP contribution in [0.4, 0.5) is 5.82 Å². The van der Waals surface area contributed by atoms with Crippen LogP contribution in [0.1, 0.15) is 36.5 Å². The van der Waals surface area contributed by atoms with Crippen LogP contribution in [0.3, 0.4) is 0 Å². The highest BCUT2D eigenvalue weighted by molar-refractivity contribution is 6.30. The van der Waals surface area contributed by atoms with Crippen LogP contribution in [0.5, 0.6) is 0 Å². The number of benzene rings is 2. The number of fused-ring (bicyclic) bond motifs is 1. The Labute approximate surface area is 210 Å². The summed E-state index contributed by atoms with van der Waals surface area (Å²) in [5.74, 6) is 2.19. The van der Waals surface area contributed by atoms with Crippen LogP contribution < -0.4 is 4.90 Å². The number of hydrogen-bond acceptors (Lipinski definition) is 5. The number of halogens is 1. The van der Waals surface area contributed by atoms with E-state index in [1.54, 1.807) is 24.3 Å². The van der Waals surface area contributed by atoms with Crippen LogP contribution in [-0.4, -0.2) is 56.7 Å². The Morgan fingerprint density at radius 3 is 2.49 bits per heavy atom. The molecule has 4 aromatic rings. The summed E-state index contributed by atoms with van der Waals surface area (Å²) in [4.78, 5) is 27.2. The highest BCUT2D eigenvalue weighted by Gasteiger charge is 2.24. The lowest BCUT2D eigenvalue weighted by molar-refractivity contribution is 0.0767. The zero-order chi connectivity index (χ0) is 24.4. The van der Waals surface area contributed by atoms with E-state index in [2.05, 4.69) is 23.8 Å². The van der Waals surface area contributed by atoms with Gasteiger partial charge in [-0.25, -0.2) is 14.6 Å². The van der Waals surface area contributed by atoms with E-state index in [0.717, 1.165) is 47.7 Å². The number of hydrogen-bond donors (Lipinski definition) is 0. The van der Waals surface area contributed by atoms with Gasteiger partial charge in [0.1, 0.15) is 11.6 Å². The maximum Gasteiger partial charge on any atom is 0.253 e. The van der Waals surface area contributed by atoms with Crippen molar-refractivity contribution in [2.75, 3.05) is 31.1 Å². The fourth-order valence-corrected chi connectivity index (χ4v) is 4.63. The Morgan fingerprint density at radius 2 is 1.74 bits per heavy atom. The third-order valence-electron chi connectivity index (χ3n) is 6.22. The number of aromatic nitrogens is 4. The predicted molar refractivity (Wildman–Crippen MR) is 139 cm³/mol. The van der Waals surface area contributed by atoms with Gasteiger partial charge in [-0.3, -0.25) is 4.79 Å². The number of carbonyl (C=O) groups is 1. The van der Waals surface area contributed by atoms with E-state index in [1.807, 2.05) is 46.1 Å². The predicted octanol–water partition coefficient (Wildman–Crippen LogP) is 5.02. The van der Waals surface area contributed by atoms with Gasteiger partial charge in [-0.2, -0.15) is 5.10 Å². The van der Waals surface area contributed by atoms with Crippen LogP contribution in [0.2, 0.25) is 5.02 Å². The van der Waals surface area contributed by atoms with E-state index in [4.69, 9.17) is 21.6 Å². The zero-order valence-corrected chi connectivity index (χ0v) is 20.8. The summed E-state index contributed by atoms with van der Waals surface area (Å²) < 4.78 is 1.89. The minimum Gasteiger partial charge on any atom is -0.354 e. The molecular formula is C27H29ClN6O. The molecule has 2 aromatic heterocycles. The molecule has 2 aromatic carbocycles. The maximum atomic E-state index is 13.1. The molecule has 0 unspecified atom stereocenters. The highest BCUT2D eigenvalue weighted by atomic mass is 35.5. The van der Waals surface area contributed by atoms with E-state index in [1.165, 1.54) is 0 Å². The monoisotopic (exact) mass is 488 g/mol. The first kappa shape index (κ1) is 23.3. The van der Waals surface area contributed by atoms with Gasteiger partial charge in [0.15, 0.2) is 5.65 Å². The van der Waals surface area contributed by atoms with Crippen LogP contribution >= 0.6 is 11.6 Å². The van der Waals surface area contributed by atoms with E-state index < -0.39 is 0 Å². The molecule has 0 bridgehead atoms. The summed E-state index contributed by atoms with van der Waals surface area (Å²) in [7, 11) is 0. The van der Waals surface area contributed by atoms with E-state index in [0.29, 0.717) is 36.1 Å². The average Bonchev–Trinajstić information content (AvgIpc) is 3.12. The Hall–Kier alpha value is -3.45. The lowest BCUT2D eigenvalue weighted by Gasteiger charge is -2.24. The minimum absolute atomic E-state index is 0.0359. The van der Waals surface area contributed by atoms with Gasteiger partial charge >= 0.3 is 0 Å². The molecule has 1 amide bonds. The molecule has 0 N–H and O–H groups in total. The van der Waals surface area contributed by atoms with Crippen LogP contribution in [0.25, 0.3) is 16.7 Å². The molecule has 180 valence electrons. The SMILES string of the molecule is CC(C)Cc1nc(N2CCCN(C(=O)c3ccc(Cl)cc3)CC2)c2cnn(-c3ccccc3)c2n1. The van der Waals surface area contributed by atoms with E-state index >= 15 is 0 Å². The van der Waals surface area contributed by atoms with Gasteiger partial charge in [-0.05, 0) is 48.7 Å². The number of amides is 1. The summed E-state index contributed by atoms with van der Waals surface area (Å²) >= 11 is 6.00. The highest BCUT2D eigenvalue weighted by Crippen LogP contribution is 2.27. The van der Waals surface area contributed by atoms with Crippen LogP contribution in [0, 0.1) is 5.92 Å². The van der Waals surface area contributed by atoms with Crippen molar-refractivity contribution in [3.05, 3.63) is 77.2 Å². The van der Waals surface area contributed by atoms with Crippen LogP contribution in [0.15, 0.2) is 60.8 Å². The van der Waals surface area contributed by atoms with Crippen molar-refractivity contribution in [2.45, 2.75) is 26.7 Å². The largest absolute Gasteiger partial charge is 0.354 e. The van der Waals surface area contributed by atoms with Gasteiger partial charge in [0.2, 0.25) is 0 Å². The van der Waals surface area contributed by atoms with Crippen molar-refractivity contribution in [3.8, 4) is 5.69 Å². The van der Waals surface area contributed by atoms with E-state index in [9.17, 15) is 4.79 Å². The van der Waals surface area contributed by atoms with Crippen molar-refractivity contribution in [2.24, 2.45) is 5.92 Å². The molecule has 0 atom stereocenters. The van der Waals surface area contributed by atoms with Crippen molar-refractivity contribution in [1.82, 2.24) is 24.6 Å². The molecule has 0 radical (unpaired) electrons. The summed E-state index contributed by atoms with van der Waals surface area (Å²) in [5.41, 5.74) is 2.45. The summed E-state index contributed by atoms with van der Waals surface area (Å²) in [6, 6.07) is 17.2. The molecule has 3 heterocycles. The van der Waals surface area contributed by atoms with Gasteiger partial charge < -0.3 is 9.80 Å². The fourth-order valence-electron chi connectivity index (χ4n) is 4.50. The summed E-state index contributed by atoms with van der Waals surface area (Å²) in [6.45, 7) is 7.19. The van der Waals surface area contributed by atoms with Gasteiger partial charge in [0, 0.05) is 43.2 Å². The van der Waals surface area contributed by atoms with Gasteiger partial charge in [-0.1, -0.05) is 43.6 Å². The molecule has 7 nitrogen and oxygen atoms in total. The number of anilines is 1. The smallest absolute Gasteiger partial charge is 0.253 e. The molecule has 8 heteroatoms. The summed E-state index contributed by atoms with van der Waals surface area (Å²) in [5, 5.41) is 6.23. The molecule has 0 spiro atoms. The van der Waals surface area contributed by atoms with Crippen molar-refractivity contribution in [3.63, 3.8) is 0 Å². The second-order valence-electron chi connectivity index (χ2n) is 9.33. The van der Waals surface area contributed by atoms with Crippen LogP contribution in [-0.2, 0) is 6.42 Å². The first-order chi connectivity index (χ1) is 17.0. The molecule has 1 aliphatic rings. The molecule has 1 aliphatic heterocycles. The quantitative estimate of drug-likeness (QED) is 0.394. The molecular weight excluding hydrogens is 460 g/mol. The molecule has 1 fully saturated rings.